The van der Waals surface area contributed by atoms with Gasteiger partial charge < -0.3 is 14.8 Å². The van der Waals surface area contributed by atoms with Gasteiger partial charge in [-0.3, -0.25) is 9.69 Å². The van der Waals surface area contributed by atoms with Crippen molar-refractivity contribution in [2.45, 2.75) is 38.8 Å². The summed E-state index contributed by atoms with van der Waals surface area (Å²) in [5.74, 6) is -0.667. The fourth-order valence-corrected chi connectivity index (χ4v) is 3.77. The Labute approximate surface area is 182 Å². The molecule has 1 aliphatic rings. The van der Waals surface area contributed by atoms with Crippen molar-refractivity contribution in [3.05, 3.63) is 59.2 Å². The average Bonchev–Trinajstić information content (AvgIpc) is 2.75. The molecule has 0 radical (unpaired) electrons. The lowest BCUT2D eigenvalue weighted by molar-refractivity contribution is -0.147. The van der Waals surface area contributed by atoms with E-state index in [-0.39, 0.29) is 5.91 Å². The number of ether oxygens (including phenoxy) is 2. The van der Waals surface area contributed by atoms with E-state index in [9.17, 15) is 14.4 Å². The van der Waals surface area contributed by atoms with Crippen molar-refractivity contribution >= 4 is 18.0 Å². The number of hydrogen-bond donors (Lipinski definition) is 1. The molecular formula is C24H28N2O5. The molecule has 0 fully saturated rings. The number of amides is 2. The number of carbonyl (C=O) groups is 3. The zero-order chi connectivity index (χ0) is 22.8. The molecule has 1 atom stereocenters. The monoisotopic (exact) mass is 424 g/mol. The van der Waals surface area contributed by atoms with Crippen LogP contribution in [0.5, 0.6) is 0 Å². The first-order valence-corrected chi connectivity index (χ1v) is 10.2. The molecule has 7 nitrogen and oxygen atoms in total. The van der Waals surface area contributed by atoms with Crippen LogP contribution in [0.2, 0.25) is 0 Å². The van der Waals surface area contributed by atoms with Gasteiger partial charge in [-0.05, 0) is 61.6 Å². The van der Waals surface area contributed by atoms with Gasteiger partial charge in [0.1, 0.15) is 5.60 Å². The summed E-state index contributed by atoms with van der Waals surface area (Å²) < 4.78 is 10.5. The predicted molar refractivity (Wildman–Crippen MR) is 117 cm³/mol. The maximum absolute atomic E-state index is 12.8. The van der Waals surface area contributed by atoms with E-state index in [0.29, 0.717) is 18.5 Å². The van der Waals surface area contributed by atoms with E-state index in [1.54, 1.807) is 40.0 Å². The molecule has 3 rings (SSSR count). The minimum absolute atomic E-state index is 0.152. The third-order valence-electron chi connectivity index (χ3n) is 5.16. The summed E-state index contributed by atoms with van der Waals surface area (Å²) in [7, 11) is 2.90. The molecule has 2 aromatic carbocycles. The topological polar surface area (TPSA) is 84.9 Å². The minimum Gasteiger partial charge on any atom is -0.467 e. The smallest absolute Gasteiger partial charge is 0.411 e. The van der Waals surface area contributed by atoms with E-state index in [1.165, 1.54) is 12.0 Å². The van der Waals surface area contributed by atoms with Crippen molar-refractivity contribution in [2.75, 3.05) is 20.7 Å². The zero-order valence-electron chi connectivity index (χ0n) is 18.5. The first-order chi connectivity index (χ1) is 14.7. The SMILES string of the molecule is CNC(=O)c1ccc(-c2cccc3c2CCN(C(=O)OC(C)(C)C)[C@H]3C(=O)OC)cc1. The molecule has 1 N–H and O–H groups in total. The fourth-order valence-electron chi connectivity index (χ4n) is 3.77. The number of esters is 1. The lowest BCUT2D eigenvalue weighted by atomic mass is 9.86. The van der Waals surface area contributed by atoms with Crippen LogP contribution in [-0.4, -0.2) is 49.2 Å². The lowest BCUT2D eigenvalue weighted by Crippen LogP contribution is -2.46. The molecule has 0 saturated carbocycles. The van der Waals surface area contributed by atoms with Gasteiger partial charge >= 0.3 is 12.1 Å². The van der Waals surface area contributed by atoms with E-state index in [2.05, 4.69) is 5.32 Å². The van der Waals surface area contributed by atoms with Crippen molar-refractivity contribution in [3.63, 3.8) is 0 Å². The Morgan fingerprint density at radius 2 is 1.74 bits per heavy atom. The normalized spacial score (nSPS) is 15.6. The van der Waals surface area contributed by atoms with E-state index < -0.39 is 23.7 Å². The van der Waals surface area contributed by atoms with Crippen LogP contribution in [0.4, 0.5) is 4.79 Å². The van der Waals surface area contributed by atoms with Gasteiger partial charge in [-0.2, -0.15) is 0 Å². The Balaban J connectivity index is 2.02. The molecule has 164 valence electrons. The highest BCUT2D eigenvalue weighted by Crippen LogP contribution is 2.37. The molecule has 0 saturated heterocycles. The van der Waals surface area contributed by atoms with Gasteiger partial charge in [-0.15, -0.1) is 0 Å². The van der Waals surface area contributed by atoms with Gasteiger partial charge in [0, 0.05) is 19.2 Å². The van der Waals surface area contributed by atoms with Crippen LogP contribution in [-0.2, 0) is 20.7 Å². The van der Waals surface area contributed by atoms with E-state index in [0.717, 1.165) is 22.3 Å². The second-order valence-corrected chi connectivity index (χ2v) is 8.38. The molecular weight excluding hydrogens is 396 g/mol. The third kappa shape index (κ3) is 4.71. The van der Waals surface area contributed by atoms with Crippen LogP contribution in [0.15, 0.2) is 42.5 Å². The van der Waals surface area contributed by atoms with Crippen LogP contribution >= 0.6 is 0 Å². The zero-order valence-corrected chi connectivity index (χ0v) is 18.5. The summed E-state index contributed by atoms with van der Waals surface area (Å²) >= 11 is 0. The highest BCUT2D eigenvalue weighted by Gasteiger charge is 2.39. The number of methoxy groups -OCH3 is 1. The molecule has 0 unspecified atom stereocenters. The maximum Gasteiger partial charge on any atom is 0.411 e. The van der Waals surface area contributed by atoms with E-state index >= 15 is 0 Å². The molecule has 0 spiro atoms. The van der Waals surface area contributed by atoms with Crippen LogP contribution in [0.1, 0.15) is 48.3 Å². The minimum atomic E-state index is -0.881. The summed E-state index contributed by atoms with van der Waals surface area (Å²) in [6.45, 7) is 5.69. The number of benzene rings is 2. The molecule has 1 heterocycles. The molecule has 0 aromatic heterocycles. The van der Waals surface area contributed by atoms with Crippen molar-refractivity contribution in [3.8, 4) is 11.1 Å². The quantitative estimate of drug-likeness (QED) is 0.759. The molecule has 2 aromatic rings. The van der Waals surface area contributed by atoms with Crippen molar-refractivity contribution < 1.29 is 23.9 Å². The van der Waals surface area contributed by atoms with Gasteiger partial charge in [-0.1, -0.05) is 30.3 Å². The van der Waals surface area contributed by atoms with Crippen molar-refractivity contribution in [1.29, 1.82) is 0 Å². The Morgan fingerprint density at radius 1 is 1.06 bits per heavy atom. The average molecular weight is 424 g/mol. The predicted octanol–water partition coefficient (Wildman–Crippen LogP) is 3.72. The highest BCUT2D eigenvalue weighted by atomic mass is 16.6. The lowest BCUT2D eigenvalue weighted by Gasteiger charge is -2.37. The molecule has 31 heavy (non-hydrogen) atoms. The van der Waals surface area contributed by atoms with Crippen molar-refractivity contribution in [1.82, 2.24) is 10.2 Å². The van der Waals surface area contributed by atoms with Crippen LogP contribution in [0, 0.1) is 0 Å². The summed E-state index contributed by atoms with van der Waals surface area (Å²) in [4.78, 5) is 38.8. The fraction of sp³-hybridized carbons (Fsp3) is 0.375. The maximum atomic E-state index is 12.8. The Hall–Kier alpha value is -3.35. The van der Waals surface area contributed by atoms with Gasteiger partial charge in [0.2, 0.25) is 0 Å². The van der Waals surface area contributed by atoms with Gasteiger partial charge in [0.25, 0.3) is 5.91 Å². The van der Waals surface area contributed by atoms with Crippen LogP contribution in [0.25, 0.3) is 11.1 Å². The standard InChI is InChI=1S/C24H28N2O5/c1-24(2,3)31-23(29)26-14-13-18-17(7-6-8-19(18)20(26)22(28)30-5)15-9-11-16(12-10-15)21(27)25-4/h6-12,20H,13-14H2,1-5H3,(H,25,27)/t20-/m1/s1. The summed E-state index contributed by atoms with van der Waals surface area (Å²) in [5, 5.41) is 2.61. The van der Waals surface area contributed by atoms with Gasteiger partial charge in [0.15, 0.2) is 6.04 Å². The van der Waals surface area contributed by atoms with E-state index in [1.807, 2.05) is 30.3 Å². The molecule has 7 heteroatoms. The second-order valence-electron chi connectivity index (χ2n) is 8.38. The Kier molecular flexibility index (Phi) is 6.34. The Morgan fingerprint density at radius 3 is 2.32 bits per heavy atom. The summed E-state index contributed by atoms with van der Waals surface area (Å²) in [6.07, 6.45) is 0.0176. The number of carbonyl (C=O) groups excluding carboxylic acids is 3. The number of rotatable bonds is 3. The first-order valence-electron chi connectivity index (χ1n) is 10.2. The number of fused-ring (bicyclic) bond motifs is 1. The number of hydrogen-bond acceptors (Lipinski definition) is 5. The molecule has 0 aliphatic carbocycles. The molecule has 1 aliphatic heterocycles. The summed E-state index contributed by atoms with van der Waals surface area (Å²) in [6, 6.07) is 12.1. The van der Waals surface area contributed by atoms with Gasteiger partial charge in [-0.25, -0.2) is 9.59 Å². The third-order valence-corrected chi connectivity index (χ3v) is 5.16. The number of nitrogens with zero attached hydrogens (tertiary/aromatic N) is 1. The largest absolute Gasteiger partial charge is 0.467 e. The molecule has 0 bridgehead atoms. The Bertz CT molecular complexity index is 992. The first kappa shape index (κ1) is 22.3. The number of nitrogens with one attached hydrogen (secondary N) is 1. The van der Waals surface area contributed by atoms with E-state index in [4.69, 9.17) is 9.47 Å². The highest BCUT2D eigenvalue weighted by molar-refractivity contribution is 5.94. The van der Waals surface area contributed by atoms with Gasteiger partial charge in [0.05, 0.1) is 7.11 Å². The summed E-state index contributed by atoms with van der Waals surface area (Å²) in [5.41, 5.74) is 3.48. The molecule has 2 amide bonds. The second kappa shape index (κ2) is 8.79. The van der Waals surface area contributed by atoms with Crippen molar-refractivity contribution in [2.24, 2.45) is 0 Å². The van der Waals surface area contributed by atoms with Crippen LogP contribution < -0.4 is 5.32 Å². The van der Waals surface area contributed by atoms with Crippen LogP contribution in [0.3, 0.4) is 0 Å².